The van der Waals surface area contributed by atoms with E-state index in [0.29, 0.717) is 30.6 Å². The van der Waals surface area contributed by atoms with Crippen LogP contribution in [0.15, 0.2) is 36.5 Å². The van der Waals surface area contributed by atoms with Gasteiger partial charge in [0.1, 0.15) is 5.82 Å². The Balaban J connectivity index is 1.56. The quantitative estimate of drug-likeness (QED) is 0.763. The SMILES string of the molecule is C[C@H]1CC[C@H](c2ccccc2)N(C(=O)C(=O)Nc2cnc(N)c3c2CO[C@@H]3C)C1. The highest BCUT2D eigenvalue weighted by Crippen LogP contribution is 2.38. The summed E-state index contributed by atoms with van der Waals surface area (Å²) in [5.74, 6) is -0.442. The molecule has 2 aromatic rings. The van der Waals surface area contributed by atoms with Crippen molar-refractivity contribution in [3.05, 3.63) is 53.2 Å². The summed E-state index contributed by atoms with van der Waals surface area (Å²) in [7, 11) is 0. The van der Waals surface area contributed by atoms with Gasteiger partial charge in [-0.2, -0.15) is 0 Å². The molecule has 0 saturated carbocycles. The summed E-state index contributed by atoms with van der Waals surface area (Å²) in [4.78, 5) is 31.8. The van der Waals surface area contributed by atoms with Crippen molar-refractivity contribution in [3.63, 3.8) is 0 Å². The molecule has 2 aliphatic rings. The van der Waals surface area contributed by atoms with E-state index in [0.717, 1.165) is 29.5 Å². The van der Waals surface area contributed by atoms with E-state index in [9.17, 15) is 9.59 Å². The second-order valence-electron chi connectivity index (χ2n) is 7.92. The van der Waals surface area contributed by atoms with Gasteiger partial charge in [-0.25, -0.2) is 4.98 Å². The maximum atomic E-state index is 13.1. The van der Waals surface area contributed by atoms with Crippen molar-refractivity contribution >= 4 is 23.3 Å². The molecule has 0 bridgehead atoms. The normalized spacial score (nSPS) is 23.5. The predicted octanol–water partition coefficient (Wildman–Crippen LogP) is 3.19. The van der Waals surface area contributed by atoms with Crippen LogP contribution in [-0.2, 0) is 20.9 Å². The minimum Gasteiger partial charge on any atom is -0.383 e. The molecular formula is C22H26N4O3. The van der Waals surface area contributed by atoms with Crippen LogP contribution >= 0.6 is 0 Å². The fourth-order valence-corrected chi connectivity index (χ4v) is 4.29. The highest BCUT2D eigenvalue weighted by Gasteiger charge is 2.35. The van der Waals surface area contributed by atoms with Gasteiger partial charge in [-0.3, -0.25) is 9.59 Å². The molecular weight excluding hydrogens is 368 g/mol. The van der Waals surface area contributed by atoms with E-state index in [1.54, 1.807) is 4.90 Å². The number of benzene rings is 1. The first-order valence-corrected chi connectivity index (χ1v) is 10.0. The van der Waals surface area contributed by atoms with Crippen LogP contribution < -0.4 is 11.1 Å². The number of pyridine rings is 1. The van der Waals surface area contributed by atoms with Crippen molar-refractivity contribution in [2.75, 3.05) is 17.6 Å². The number of hydrogen-bond acceptors (Lipinski definition) is 5. The summed E-state index contributed by atoms with van der Waals surface area (Å²) in [6.07, 6.45) is 3.17. The van der Waals surface area contributed by atoms with E-state index in [1.165, 1.54) is 6.20 Å². The van der Waals surface area contributed by atoms with Gasteiger partial charge in [0.25, 0.3) is 0 Å². The molecule has 7 heteroatoms. The molecule has 3 N–H and O–H groups in total. The zero-order valence-electron chi connectivity index (χ0n) is 16.7. The fourth-order valence-electron chi connectivity index (χ4n) is 4.29. The summed E-state index contributed by atoms with van der Waals surface area (Å²) in [6, 6.07) is 9.79. The Morgan fingerprint density at radius 2 is 1.97 bits per heavy atom. The van der Waals surface area contributed by atoms with E-state index in [-0.39, 0.29) is 12.1 Å². The Labute approximate surface area is 170 Å². The number of fused-ring (bicyclic) bond motifs is 1. The number of nitrogens with one attached hydrogen (secondary N) is 1. The second-order valence-corrected chi connectivity index (χ2v) is 7.92. The average molecular weight is 394 g/mol. The van der Waals surface area contributed by atoms with Crippen molar-refractivity contribution in [2.24, 2.45) is 5.92 Å². The van der Waals surface area contributed by atoms with Crippen molar-refractivity contribution in [1.29, 1.82) is 0 Å². The number of carbonyl (C=O) groups excluding carboxylic acids is 2. The molecule has 0 spiro atoms. The number of ether oxygens (including phenoxy) is 1. The molecule has 1 saturated heterocycles. The standard InChI is InChI=1S/C22H26N4O3/c1-13-8-9-18(15-6-4-3-5-7-15)26(11-13)22(28)21(27)25-17-10-24-20(23)19-14(2)29-12-16(17)19/h3-7,10,13-14,18H,8-9,11-12H2,1-2H3,(H2,23,24)(H,25,27)/t13-,14+,18+/m0/s1. The predicted molar refractivity (Wildman–Crippen MR) is 110 cm³/mol. The zero-order chi connectivity index (χ0) is 20.5. The van der Waals surface area contributed by atoms with Crippen molar-refractivity contribution in [2.45, 2.75) is 45.4 Å². The molecule has 0 unspecified atom stereocenters. The summed E-state index contributed by atoms with van der Waals surface area (Å²) >= 11 is 0. The van der Waals surface area contributed by atoms with Crippen LogP contribution in [0, 0.1) is 5.92 Å². The minimum atomic E-state index is -0.659. The Bertz CT molecular complexity index is 931. The number of rotatable bonds is 2. The van der Waals surface area contributed by atoms with Crippen molar-refractivity contribution < 1.29 is 14.3 Å². The first-order chi connectivity index (χ1) is 14.0. The van der Waals surface area contributed by atoms with E-state index in [4.69, 9.17) is 10.5 Å². The van der Waals surface area contributed by atoms with Crippen molar-refractivity contribution in [3.8, 4) is 0 Å². The van der Waals surface area contributed by atoms with Gasteiger partial charge in [-0.1, -0.05) is 37.3 Å². The van der Waals surface area contributed by atoms with Crippen LogP contribution in [0.25, 0.3) is 0 Å². The molecule has 0 aliphatic carbocycles. The van der Waals surface area contributed by atoms with Crippen LogP contribution in [-0.4, -0.2) is 28.2 Å². The van der Waals surface area contributed by atoms with Crippen molar-refractivity contribution in [1.82, 2.24) is 9.88 Å². The molecule has 1 aromatic carbocycles. The molecule has 2 amide bonds. The van der Waals surface area contributed by atoms with Crippen LogP contribution in [0.3, 0.4) is 0 Å². The largest absolute Gasteiger partial charge is 0.383 e. The summed E-state index contributed by atoms with van der Waals surface area (Å²) in [5, 5.41) is 2.75. The number of anilines is 2. The number of aromatic nitrogens is 1. The summed E-state index contributed by atoms with van der Waals surface area (Å²) in [5.41, 5.74) is 9.07. The number of nitrogen functional groups attached to an aromatic ring is 1. The summed E-state index contributed by atoms with van der Waals surface area (Å²) in [6.45, 7) is 4.89. The number of carbonyl (C=O) groups is 2. The number of piperidine rings is 1. The van der Waals surface area contributed by atoms with Gasteiger partial charge in [0.2, 0.25) is 0 Å². The molecule has 2 aliphatic heterocycles. The number of amides is 2. The Kier molecular flexibility index (Phi) is 5.24. The topological polar surface area (TPSA) is 97.6 Å². The lowest BCUT2D eigenvalue weighted by Crippen LogP contribution is -2.46. The lowest BCUT2D eigenvalue weighted by Gasteiger charge is -2.38. The molecule has 152 valence electrons. The van der Waals surface area contributed by atoms with Gasteiger partial charge in [0.05, 0.1) is 30.6 Å². The van der Waals surface area contributed by atoms with Gasteiger partial charge in [-0.15, -0.1) is 0 Å². The monoisotopic (exact) mass is 394 g/mol. The fraction of sp³-hybridized carbons (Fsp3) is 0.409. The smallest absolute Gasteiger partial charge is 0.313 e. The Hall–Kier alpha value is -2.93. The second kappa shape index (κ2) is 7.83. The first kappa shape index (κ1) is 19.4. The number of nitrogens with zero attached hydrogens (tertiary/aromatic N) is 2. The Morgan fingerprint density at radius 3 is 2.72 bits per heavy atom. The van der Waals surface area contributed by atoms with Gasteiger partial charge in [0.15, 0.2) is 0 Å². The lowest BCUT2D eigenvalue weighted by atomic mass is 9.90. The molecule has 29 heavy (non-hydrogen) atoms. The van der Waals surface area contributed by atoms with Gasteiger partial charge >= 0.3 is 11.8 Å². The molecule has 3 atom stereocenters. The molecule has 3 heterocycles. The third-order valence-corrected chi connectivity index (χ3v) is 5.85. The third kappa shape index (κ3) is 3.70. The average Bonchev–Trinajstić information content (AvgIpc) is 3.13. The van der Waals surface area contributed by atoms with Gasteiger partial charge in [-0.05, 0) is 31.2 Å². The lowest BCUT2D eigenvalue weighted by molar-refractivity contribution is -0.146. The van der Waals surface area contributed by atoms with E-state index >= 15 is 0 Å². The maximum absolute atomic E-state index is 13.1. The molecule has 1 aromatic heterocycles. The minimum absolute atomic E-state index is 0.0933. The highest BCUT2D eigenvalue weighted by molar-refractivity contribution is 6.39. The maximum Gasteiger partial charge on any atom is 0.313 e. The third-order valence-electron chi connectivity index (χ3n) is 5.85. The highest BCUT2D eigenvalue weighted by atomic mass is 16.5. The van der Waals surface area contributed by atoms with Crippen LogP contribution in [0.2, 0.25) is 0 Å². The molecule has 0 radical (unpaired) electrons. The number of hydrogen-bond donors (Lipinski definition) is 2. The molecule has 7 nitrogen and oxygen atoms in total. The molecule has 1 fully saturated rings. The van der Waals surface area contributed by atoms with Gasteiger partial charge in [0, 0.05) is 17.7 Å². The van der Waals surface area contributed by atoms with Crippen LogP contribution in [0.5, 0.6) is 0 Å². The molecule has 4 rings (SSSR count). The van der Waals surface area contributed by atoms with E-state index in [2.05, 4.69) is 17.2 Å². The number of likely N-dealkylation sites (tertiary alicyclic amines) is 1. The zero-order valence-corrected chi connectivity index (χ0v) is 16.7. The number of nitrogens with two attached hydrogens (primary N) is 1. The van der Waals surface area contributed by atoms with Gasteiger partial charge < -0.3 is 20.7 Å². The van der Waals surface area contributed by atoms with E-state index in [1.807, 2.05) is 37.3 Å². The van der Waals surface area contributed by atoms with Crippen LogP contribution in [0.4, 0.5) is 11.5 Å². The Morgan fingerprint density at radius 1 is 1.21 bits per heavy atom. The van der Waals surface area contributed by atoms with Crippen LogP contribution in [0.1, 0.15) is 55.5 Å². The first-order valence-electron chi connectivity index (χ1n) is 10.0. The van der Waals surface area contributed by atoms with E-state index < -0.39 is 11.8 Å². The summed E-state index contributed by atoms with van der Waals surface area (Å²) < 4.78 is 5.63.